The Morgan fingerprint density at radius 3 is 2.76 bits per heavy atom. The Labute approximate surface area is 141 Å². The van der Waals surface area contributed by atoms with E-state index in [0.29, 0.717) is 6.42 Å². The fraction of sp³-hybridized carbons (Fsp3) is 0.250. The van der Waals surface area contributed by atoms with Crippen LogP contribution in [0, 0.1) is 6.92 Å². The third kappa shape index (κ3) is 4.11. The summed E-state index contributed by atoms with van der Waals surface area (Å²) in [4.78, 5) is 7.06. The molecule has 0 saturated carbocycles. The number of rotatable bonds is 5. The number of benzene rings is 1. The summed E-state index contributed by atoms with van der Waals surface area (Å²) < 4.78 is 43.1. The smallest absolute Gasteiger partial charge is 0.433 e. The predicted molar refractivity (Wildman–Crippen MR) is 82.8 cm³/mol. The molecular weight excluding hydrogens is 335 g/mol. The van der Waals surface area contributed by atoms with E-state index in [1.54, 1.807) is 0 Å². The van der Waals surface area contributed by atoms with Crippen molar-refractivity contribution >= 4 is 0 Å². The van der Waals surface area contributed by atoms with Gasteiger partial charge in [-0.05, 0) is 24.6 Å². The first-order valence-corrected chi connectivity index (χ1v) is 7.43. The predicted octanol–water partition coefficient (Wildman–Crippen LogP) is 3.21. The highest BCUT2D eigenvalue weighted by molar-refractivity contribution is 5.61. The molecule has 3 aromatic rings. The van der Waals surface area contributed by atoms with Gasteiger partial charge in [0.15, 0.2) is 5.69 Å². The summed E-state index contributed by atoms with van der Waals surface area (Å²) in [7, 11) is 0. The summed E-state index contributed by atoms with van der Waals surface area (Å²) in [5.41, 5.74) is 2.43. The normalized spacial score (nSPS) is 11.5. The number of hydrogen-bond acceptors (Lipinski definition) is 5. The maximum atomic E-state index is 12.6. The van der Waals surface area contributed by atoms with Crippen molar-refractivity contribution in [3.63, 3.8) is 0 Å². The molecule has 0 unspecified atom stereocenters. The number of hydrogen-bond donors (Lipinski definition) is 1. The first kappa shape index (κ1) is 16.9. The zero-order chi connectivity index (χ0) is 17.9. The highest BCUT2D eigenvalue weighted by atomic mass is 19.4. The third-order valence-electron chi connectivity index (χ3n) is 3.47. The van der Waals surface area contributed by atoms with Crippen molar-refractivity contribution in [1.82, 2.24) is 25.4 Å². The van der Waals surface area contributed by atoms with Crippen LogP contribution < -0.4 is 4.74 Å². The van der Waals surface area contributed by atoms with Crippen LogP contribution in [0.25, 0.3) is 11.3 Å². The lowest BCUT2D eigenvalue weighted by molar-refractivity contribution is -0.141. The van der Waals surface area contributed by atoms with Gasteiger partial charge in [0.2, 0.25) is 0 Å². The Morgan fingerprint density at radius 2 is 2.04 bits per heavy atom. The van der Waals surface area contributed by atoms with Gasteiger partial charge in [-0.15, -0.1) is 5.10 Å². The average Bonchev–Trinajstić information content (AvgIpc) is 3.01. The Bertz CT molecular complexity index is 863. The summed E-state index contributed by atoms with van der Waals surface area (Å²) in [5, 5.41) is 10.5. The number of aromatic amines is 1. The number of halogens is 3. The van der Waals surface area contributed by atoms with Crippen molar-refractivity contribution in [1.29, 1.82) is 0 Å². The number of H-pyrrole nitrogens is 1. The second-order valence-corrected chi connectivity index (χ2v) is 5.31. The maximum Gasteiger partial charge on any atom is 0.433 e. The zero-order valence-corrected chi connectivity index (χ0v) is 13.2. The van der Waals surface area contributed by atoms with Gasteiger partial charge >= 0.3 is 12.2 Å². The van der Waals surface area contributed by atoms with Gasteiger partial charge in [0.25, 0.3) is 0 Å². The molecule has 0 fully saturated rings. The molecule has 0 bridgehead atoms. The first-order chi connectivity index (χ1) is 11.9. The van der Waals surface area contributed by atoms with Crippen LogP contribution in [0.2, 0.25) is 0 Å². The molecule has 0 aliphatic heterocycles. The topological polar surface area (TPSA) is 76.6 Å². The minimum atomic E-state index is -4.52. The minimum absolute atomic E-state index is 0.155. The number of aryl methyl sites for hydroxylation is 1. The highest BCUT2D eigenvalue weighted by Gasteiger charge is 2.33. The van der Waals surface area contributed by atoms with E-state index in [4.69, 9.17) is 4.74 Å². The molecular formula is C16H14F3N5O. The maximum absolute atomic E-state index is 12.6. The van der Waals surface area contributed by atoms with Crippen molar-refractivity contribution in [2.24, 2.45) is 0 Å². The molecule has 1 N–H and O–H groups in total. The quantitative estimate of drug-likeness (QED) is 0.765. The molecule has 0 aliphatic carbocycles. The molecule has 6 nitrogen and oxygen atoms in total. The van der Waals surface area contributed by atoms with Gasteiger partial charge in [-0.25, -0.2) is 4.98 Å². The van der Waals surface area contributed by atoms with Gasteiger partial charge < -0.3 is 4.74 Å². The summed E-state index contributed by atoms with van der Waals surface area (Å²) >= 11 is 0. The molecule has 2 aromatic heterocycles. The van der Waals surface area contributed by atoms with Crippen LogP contribution in [0.3, 0.4) is 0 Å². The van der Waals surface area contributed by atoms with E-state index >= 15 is 0 Å². The summed E-state index contributed by atoms with van der Waals surface area (Å²) in [6, 6.07) is 8.12. The van der Waals surface area contributed by atoms with E-state index in [1.807, 2.05) is 31.2 Å². The molecule has 2 heterocycles. The molecule has 9 heteroatoms. The van der Waals surface area contributed by atoms with Crippen LogP contribution in [0.5, 0.6) is 6.01 Å². The number of nitrogens with zero attached hydrogens (tertiary/aromatic N) is 4. The zero-order valence-electron chi connectivity index (χ0n) is 13.2. The molecule has 0 atom stereocenters. The molecule has 0 amide bonds. The Balaban J connectivity index is 1.64. The minimum Gasteiger partial charge on any atom is -0.463 e. The Morgan fingerprint density at radius 1 is 1.20 bits per heavy atom. The molecule has 130 valence electrons. The van der Waals surface area contributed by atoms with Gasteiger partial charge in [-0.3, -0.25) is 5.10 Å². The van der Waals surface area contributed by atoms with Crippen LogP contribution in [0.4, 0.5) is 13.2 Å². The fourth-order valence-electron chi connectivity index (χ4n) is 2.25. The SMILES string of the molecule is Cc1[nH]nnc1-c1cccc(CCOc2nccc(C(F)(F)F)n2)c1. The monoisotopic (exact) mass is 349 g/mol. The largest absolute Gasteiger partial charge is 0.463 e. The Hall–Kier alpha value is -2.97. The fourth-order valence-corrected chi connectivity index (χ4v) is 2.25. The van der Waals surface area contributed by atoms with E-state index in [9.17, 15) is 13.2 Å². The van der Waals surface area contributed by atoms with Gasteiger partial charge in [0.05, 0.1) is 12.3 Å². The van der Waals surface area contributed by atoms with E-state index in [-0.39, 0.29) is 12.6 Å². The standard InChI is InChI=1S/C16H14F3N5O/c1-10-14(23-24-22-10)12-4-2-3-11(9-12)6-8-25-15-20-7-5-13(21-15)16(17,18)19/h2-5,7,9H,6,8H2,1H3,(H,22,23,24). The molecule has 0 spiro atoms. The number of alkyl halides is 3. The van der Waals surface area contributed by atoms with Crippen molar-refractivity contribution in [3.05, 3.63) is 53.5 Å². The van der Waals surface area contributed by atoms with Gasteiger partial charge in [-0.1, -0.05) is 23.4 Å². The second-order valence-electron chi connectivity index (χ2n) is 5.31. The number of aromatic nitrogens is 5. The van der Waals surface area contributed by atoms with E-state index in [2.05, 4.69) is 25.4 Å². The van der Waals surface area contributed by atoms with Crippen LogP contribution in [-0.4, -0.2) is 32.0 Å². The van der Waals surface area contributed by atoms with E-state index < -0.39 is 11.9 Å². The number of nitrogens with one attached hydrogen (secondary N) is 1. The van der Waals surface area contributed by atoms with E-state index in [0.717, 1.165) is 34.8 Å². The van der Waals surface area contributed by atoms with Gasteiger partial charge in [-0.2, -0.15) is 18.2 Å². The van der Waals surface area contributed by atoms with Crippen molar-refractivity contribution < 1.29 is 17.9 Å². The lowest BCUT2D eigenvalue weighted by atomic mass is 10.1. The van der Waals surface area contributed by atoms with Crippen LogP contribution in [-0.2, 0) is 12.6 Å². The van der Waals surface area contributed by atoms with Gasteiger partial charge in [0.1, 0.15) is 5.69 Å². The molecule has 0 radical (unpaired) electrons. The van der Waals surface area contributed by atoms with Crippen LogP contribution >= 0.6 is 0 Å². The molecule has 1 aromatic carbocycles. The summed E-state index contributed by atoms with van der Waals surface area (Å²) in [6.07, 6.45) is -3.01. The first-order valence-electron chi connectivity index (χ1n) is 7.43. The van der Waals surface area contributed by atoms with Gasteiger partial charge in [0, 0.05) is 18.2 Å². The molecule has 0 aliphatic rings. The summed E-state index contributed by atoms with van der Waals surface area (Å²) in [6.45, 7) is 2.03. The Kier molecular flexibility index (Phi) is 4.64. The highest BCUT2D eigenvalue weighted by Crippen LogP contribution is 2.28. The van der Waals surface area contributed by atoms with Crippen molar-refractivity contribution in [3.8, 4) is 17.3 Å². The number of ether oxygens (including phenoxy) is 1. The molecule has 0 saturated heterocycles. The van der Waals surface area contributed by atoms with E-state index in [1.165, 1.54) is 0 Å². The average molecular weight is 349 g/mol. The lowest BCUT2D eigenvalue weighted by Crippen LogP contribution is -2.11. The summed E-state index contributed by atoms with van der Waals surface area (Å²) in [5.74, 6) is 0. The molecule has 3 rings (SSSR count). The van der Waals surface area contributed by atoms with Crippen LogP contribution in [0.1, 0.15) is 17.0 Å². The van der Waals surface area contributed by atoms with Crippen molar-refractivity contribution in [2.45, 2.75) is 19.5 Å². The van der Waals surface area contributed by atoms with Crippen LogP contribution in [0.15, 0.2) is 36.5 Å². The lowest BCUT2D eigenvalue weighted by Gasteiger charge is -2.08. The van der Waals surface area contributed by atoms with Crippen molar-refractivity contribution in [2.75, 3.05) is 6.61 Å². The second kappa shape index (κ2) is 6.88. The molecule has 25 heavy (non-hydrogen) atoms. The third-order valence-corrected chi connectivity index (χ3v) is 3.47.